The van der Waals surface area contributed by atoms with E-state index in [1.54, 1.807) is 23.5 Å². The second-order valence-corrected chi connectivity index (χ2v) is 15.5. The molecule has 10 amide bonds. The number of fused-ring (bicyclic) bond motifs is 2. The summed E-state index contributed by atoms with van der Waals surface area (Å²) in [6, 6.07) is -0.317. The Labute approximate surface area is 351 Å². The van der Waals surface area contributed by atoms with Gasteiger partial charge in [-0.2, -0.15) is 23.5 Å². The molecule has 5 aliphatic heterocycles. The third-order valence-electron chi connectivity index (χ3n) is 8.78. The van der Waals surface area contributed by atoms with Gasteiger partial charge in [0.25, 0.3) is 11.8 Å². The smallest absolute Gasteiger partial charge is 0.335 e. The highest BCUT2D eigenvalue weighted by atomic mass is 32.2. The van der Waals surface area contributed by atoms with Gasteiger partial charge < -0.3 is 56.8 Å². The number of thioether (sulfide) groups is 2. The van der Waals surface area contributed by atoms with Crippen molar-refractivity contribution < 1.29 is 52.7 Å². The zero-order valence-electron chi connectivity index (χ0n) is 30.2. The summed E-state index contributed by atoms with van der Waals surface area (Å²) in [6.07, 6.45) is 2.68. The van der Waals surface area contributed by atoms with Crippen molar-refractivity contribution in [3.63, 3.8) is 0 Å². The van der Waals surface area contributed by atoms with Crippen LogP contribution in [0.4, 0.5) is 14.4 Å². The Morgan fingerprint density at radius 2 is 1.10 bits per heavy atom. The van der Waals surface area contributed by atoms with Crippen molar-refractivity contribution in [1.29, 1.82) is 0 Å². The van der Waals surface area contributed by atoms with E-state index >= 15 is 0 Å². The molecule has 0 aromatic heterocycles. The molecule has 0 spiro atoms. The van der Waals surface area contributed by atoms with E-state index in [0.717, 1.165) is 24.3 Å². The van der Waals surface area contributed by atoms with Crippen molar-refractivity contribution in [1.82, 2.24) is 47.6 Å². The monoisotopic (exact) mass is 865 g/mol. The van der Waals surface area contributed by atoms with Gasteiger partial charge in [0.15, 0.2) is 0 Å². The molecule has 6 atom stereocenters. The first-order valence-electron chi connectivity index (χ1n) is 18.2. The Hall–Kier alpha value is -4.02. The number of nitrogens with zero attached hydrogens (tertiary/aromatic N) is 1. The fourth-order valence-corrected chi connectivity index (χ4v) is 8.97. The molecule has 0 aliphatic carbocycles. The minimum Gasteiger partial charge on any atom is -0.379 e. The lowest BCUT2D eigenvalue weighted by atomic mass is 10.1. The van der Waals surface area contributed by atoms with Crippen LogP contribution in [0.2, 0.25) is 0 Å². The van der Waals surface area contributed by atoms with Gasteiger partial charge in [0.05, 0.1) is 57.0 Å². The SMILES string of the molecule is C.C.C.C.CCCCNC(=O)NCCOCCNC(=O)CC1SC[C@@H]2NC(=O)N[C@H]12.O=C(CC1SC[C@@H]2NC(=O)N[C@H]12)NCCOCCC(=O)ON1C(=O)CCC1=O. The number of carbonyl (C=O) groups excluding carboxylic acids is 8. The minimum absolute atomic E-state index is 0. The molecule has 5 aliphatic rings. The summed E-state index contributed by atoms with van der Waals surface area (Å²) in [6.45, 7) is 4.94. The number of urea groups is 3. The van der Waals surface area contributed by atoms with Gasteiger partial charge in [0.2, 0.25) is 11.8 Å². The number of amides is 10. The predicted octanol–water partition coefficient (Wildman–Crippen LogP) is 0.990. The molecule has 8 N–H and O–H groups in total. The van der Waals surface area contributed by atoms with Crippen LogP contribution in [0.3, 0.4) is 0 Å². The van der Waals surface area contributed by atoms with Gasteiger partial charge in [-0.15, -0.1) is 5.06 Å². The molecule has 22 heteroatoms. The largest absolute Gasteiger partial charge is 0.379 e. The highest BCUT2D eigenvalue weighted by Gasteiger charge is 2.44. The van der Waals surface area contributed by atoms with Crippen molar-refractivity contribution in [2.24, 2.45) is 0 Å². The Kier molecular flexibility index (Phi) is 26.4. The minimum atomic E-state index is -0.729. The highest BCUT2D eigenvalue weighted by Crippen LogP contribution is 2.32. The maximum atomic E-state index is 12.0. The molecule has 20 nitrogen and oxygen atoms in total. The Balaban J connectivity index is 0.00000105. The molecule has 2 unspecified atom stereocenters. The summed E-state index contributed by atoms with van der Waals surface area (Å²) in [4.78, 5) is 97.0. The quantitative estimate of drug-likeness (QED) is 0.0483. The lowest BCUT2D eigenvalue weighted by Gasteiger charge is -2.16. The first-order chi connectivity index (χ1) is 26.0. The number of nitrogens with one attached hydrogen (secondary N) is 8. The topological polar surface area (TPSA) is 264 Å². The molecule has 58 heavy (non-hydrogen) atoms. The van der Waals surface area contributed by atoms with Gasteiger partial charge in [-0.05, 0) is 6.42 Å². The maximum absolute atomic E-state index is 12.0. The molecule has 334 valence electrons. The van der Waals surface area contributed by atoms with Crippen LogP contribution < -0.4 is 42.5 Å². The third-order valence-corrected chi connectivity index (χ3v) is 11.7. The Morgan fingerprint density at radius 3 is 1.59 bits per heavy atom. The van der Waals surface area contributed by atoms with Crippen LogP contribution in [0, 0.1) is 0 Å². The molecular formula is C36H67N9O11S2. The molecule has 0 saturated carbocycles. The fraction of sp³-hybridized carbons (Fsp3) is 0.778. The van der Waals surface area contributed by atoms with E-state index in [0.29, 0.717) is 50.8 Å². The van der Waals surface area contributed by atoms with Crippen LogP contribution in [0.25, 0.3) is 0 Å². The predicted molar refractivity (Wildman–Crippen MR) is 223 cm³/mol. The van der Waals surface area contributed by atoms with E-state index in [4.69, 9.17) is 14.3 Å². The van der Waals surface area contributed by atoms with E-state index < -0.39 is 17.8 Å². The second kappa shape index (κ2) is 28.4. The van der Waals surface area contributed by atoms with Gasteiger partial charge in [0.1, 0.15) is 0 Å². The molecule has 5 fully saturated rings. The summed E-state index contributed by atoms with van der Waals surface area (Å²) < 4.78 is 10.6. The third kappa shape index (κ3) is 17.9. The van der Waals surface area contributed by atoms with Crippen LogP contribution in [0.1, 0.15) is 81.6 Å². The Morgan fingerprint density at radius 1 is 0.655 bits per heavy atom. The van der Waals surface area contributed by atoms with Gasteiger partial charge >= 0.3 is 24.1 Å². The van der Waals surface area contributed by atoms with Gasteiger partial charge in [0, 0.05) is 73.9 Å². The lowest BCUT2D eigenvalue weighted by Crippen LogP contribution is -2.40. The van der Waals surface area contributed by atoms with Crippen LogP contribution in [0.5, 0.6) is 0 Å². The number of hydrogen-bond acceptors (Lipinski definition) is 13. The van der Waals surface area contributed by atoms with Crippen molar-refractivity contribution in [3.05, 3.63) is 0 Å². The van der Waals surface area contributed by atoms with E-state index in [1.165, 1.54) is 0 Å². The van der Waals surface area contributed by atoms with E-state index in [9.17, 15) is 38.4 Å². The molecule has 0 radical (unpaired) electrons. The normalized spacial score (nSPS) is 23.2. The van der Waals surface area contributed by atoms with E-state index in [1.807, 2.05) is 0 Å². The van der Waals surface area contributed by atoms with Crippen molar-refractivity contribution in [2.75, 3.05) is 64.1 Å². The first-order valence-corrected chi connectivity index (χ1v) is 20.3. The number of unbranched alkanes of at least 4 members (excludes halogenated alkanes) is 1. The van der Waals surface area contributed by atoms with Crippen LogP contribution >= 0.6 is 23.5 Å². The number of hydroxylamine groups is 2. The highest BCUT2D eigenvalue weighted by molar-refractivity contribution is 8.00. The van der Waals surface area contributed by atoms with E-state index in [2.05, 4.69) is 49.5 Å². The van der Waals surface area contributed by atoms with Crippen LogP contribution in [-0.2, 0) is 38.3 Å². The lowest BCUT2D eigenvalue weighted by molar-refractivity contribution is -0.198. The second-order valence-electron chi connectivity index (χ2n) is 12.9. The van der Waals surface area contributed by atoms with Crippen molar-refractivity contribution in [2.45, 2.75) is 116 Å². The number of ether oxygens (including phenoxy) is 2. The van der Waals surface area contributed by atoms with Gasteiger partial charge in [-0.25, -0.2) is 19.2 Å². The fourth-order valence-electron chi connectivity index (χ4n) is 6.01. The summed E-state index contributed by atoms with van der Waals surface area (Å²) in [5.74, 6) is -0.329. The maximum Gasteiger partial charge on any atom is 0.335 e. The molecule has 5 rings (SSSR count). The number of rotatable bonds is 20. The molecule has 0 bridgehead atoms. The average Bonchev–Trinajstić information content (AvgIpc) is 3.94. The molecule has 5 saturated heterocycles. The summed E-state index contributed by atoms with van der Waals surface area (Å²) in [5, 5.41) is 23.0. The first kappa shape index (κ1) is 54.0. The Bertz CT molecular complexity index is 1350. The zero-order chi connectivity index (χ0) is 38.9. The van der Waals surface area contributed by atoms with Crippen molar-refractivity contribution in [3.8, 4) is 0 Å². The summed E-state index contributed by atoms with van der Waals surface area (Å²) in [5.41, 5.74) is 0. The van der Waals surface area contributed by atoms with Gasteiger partial charge in [-0.1, -0.05) is 43.1 Å². The van der Waals surface area contributed by atoms with Crippen molar-refractivity contribution >= 4 is 71.2 Å². The van der Waals surface area contributed by atoms with Gasteiger partial charge in [-0.3, -0.25) is 19.2 Å². The molecular weight excluding hydrogens is 799 g/mol. The zero-order valence-corrected chi connectivity index (χ0v) is 31.9. The summed E-state index contributed by atoms with van der Waals surface area (Å²) in [7, 11) is 0. The molecule has 5 heterocycles. The number of imide groups is 1. The van der Waals surface area contributed by atoms with Crippen LogP contribution in [-0.4, -0.2) is 152 Å². The average molecular weight is 866 g/mol. The van der Waals surface area contributed by atoms with E-state index in [-0.39, 0.29) is 133 Å². The van der Waals surface area contributed by atoms with Crippen LogP contribution in [0.15, 0.2) is 0 Å². The molecule has 0 aromatic rings. The standard InChI is InChI=1S/C16H29N5O4S.C16H22N4O7S.4CH4/c1-2-3-4-18-15(23)19-6-8-25-7-5-17-13(22)9-12-14-11(10-26-12)20-16(24)21-14;21-11(7-10-15-9(8-28-10)18-16(25)19-15)17-4-6-26-5-3-14(24)27-20-12(22)1-2-13(20)23;;;;/h11-12,14H,2-10H2,1H3,(H,17,22)(H2,18,19,23)(H2,20,21,24);9-10,15H,1-8H2,(H,17,21)(H2,18,19,25);4*1H4/t11-,12?,14-;9-,10?,15-;;;;/m00..../s1. The number of hydrogen-bond donors (Lipinski definition) is 8. The number of carbonyl (C=O) groups is 8. The molecule has 0 aromatic carbocycles. The summed E-state index contributed by atoms with van der Waals surface area (Å²) >= 11 is 3.37.